The quantitative estimate of drug-likeness (QED) is 0.795. The molecule has 0 radical (unpaired) electrons. The molecule has 0 saturated heterocycles. The van der Waals surface area contributed by atoms with Crippen LogP contribution in [0.25, 0.3) is 0 Å². The maximum Gasteiger partial charge on any atom is 0.419 e. The Balaban J connectivity index is 2.50. The number of carboxylic acids is 1. The zero-order valence-electron chi connectivity index (χ0n) is 11.9. The van der Waals surface area contributed by atoms with Crippen LogP contribution in [0.2, 0.25) is 0 Å². The summed E-state index contributed by atoms with van der Waals surface area (Å²) >= 11 is 0. The molecule has 2 rings (SSSR count). The Morgan fingerprint density at radius 2 is 1.68 bits per heavy atom. The molecule has 0 aliphatic carbocycles. The first-order valence-electron chi connectivity index (χ1n) is 6.34. The number of aromatic carboxylic acids is 1. The van der Waals surface area contributed by atoms with E-state index in [4.69, 9.17) is 5.11 Å². The molecule has 0 heterocycles. The van der Waals surface area contributed by atoms with Crippen molar-refractivity contribution >= 4 is 21.7 Å². The monoisotopic (exact) mass is 381 g/mol. The molecule has 0 aliphatic rings. The van der Waals surface area contributed by atoms with Gasteiger partial charge in [0, 0.05) is 0 Å². The summed E-state index contributed by atoms with van der Waals surface area (Å²) in [7, 11) is -4.68. The first kappa shape index (κ1) is 18.6. The minimum absolute atomic E-state index is 0.0711. The molecule has 11 heteroatoms. The van der Waals surface area contributed by atoms with Crippen LogP contribution < -0.4 is 4.72 Å². The Bertz CT molecular complexity index is 941. The highest BCUT2D eigenvalue weighted by atomic mass is 32.2. The number of nitrogens with one attached hydrogen (secondary N) is 1. The van der Waals surface area contributed by atoms with Crippen molar-refractivity contribution in [1.29, 1.82) is 0 Å². The van der Waals surface area contributed by atoms with Gasteiger partial charge in [-0.2, -0.15) is 13.2 Å². The lowest BCUT2D eigenvalue weighted by molar-refractivity contribution is -0.140. The van der Waals surface area contributed by atoms with Crippen molar-refractivity contribution in [3.63, 3.8) is 0 Å². The van der Waals surface area contributed by atoms with Crippen LogP contribution in [0.4, 0.5) is 27.6 Å². The summed E-state index contributed by atoms with van der Waals surface area (Å²) in [6.45, 7) is 0. The van der Waals surface area contributed by atoms with Crippen molar-refractivity contribution in [1.82, 2.24) is 0 Å². The average molecular weight is 381 g/mol. The fourth-order valence-corrected chi connectivity index (χ4v) is 2.98. The predicted octanol–water partition coefficient (Wildman–Crippen LogP) is 3.48. The van der Waals surface area contributed by atoms with Gasteiger partial charge >= 0.3 is 12.1 Å². The lowest BCUT2D eigenvalue weighted by atomic mass is 10.2. The number of anilines is 1. The molecule has 0 unspecified atom stereocenters. The molecule has 0 atom stereocenters. The predicted molar refractivity (Wildman–Crippen MR) is 75.6 cm³/mol. The smallest absolute Gasteiger partial charge is 0.419 e. The molecular weight excluding hydrogens is 373 g/mol. The molecule has 2 aromatic rings. The van der Waals surface area contributed by atoms with E-state index in [1.807, 2.05) is 0 Å². The SMILES string of the molecule is O=C(O)c1cc(F)ccc1NS(=O)(=O)c1ccc(F)c(C(F)(F)F)c1. The van der Waals surface area contributed by atoms with Crippen LogP contribution in [-0.2, 0) is 16.2 Å². The zero-order chi connectivity index (χ0) is 19.0. The number of benzene rings is 2. The van der Waals surface area contributed by atoms with Gasteiger partial charge in [0.05, 0.1) is 21.7 Å². The van der Waals surface area contributed by atoms with Crippen molar-refractivity contribution in [2.45, 2.75) is 11.1 Å². The number of halogens is 5. The molecular formula is C14H8F5NO4S. The van der Waals surface area contributed by atoms with E-state index in [2.05, 4.69) is 0 Å². The second-order valence-corrected chi connectivity index (χ2v) is 6.42. The second kappa shape index (κ2) is 6.31. The van der Waals surface area contributed by atoms with Gasteiger partial charge in [-0.25, -0.2) is 22.0 Å². The van der Waals surface area contributed by atoms with Crippen molar-refractivity contribution in [3.8, 4) is 0 Å². The third kappa shape index (κ3) is 4.05. The average Bonchev–Trinajstić information content (AvgIpc) is 2.47. The lowest BCUT2D eigenvalue weighted by Gasteiger charge is -2.13. The maximum absolute atomic E-state index is 13.2. The van der Waals surface area contributed by atoms with Crippen molar-refractivity contribution < 1.29 is 40.3 Å². The summed E-state index contributed by atoms with van der Waals surface area (Å²) in [5.74, 6) is -4.28. The molecule has 2 N–H and O–H groups in total. The third-order valence-electron chi connectivity index (χ3n) is 3.01. The van der Waals surface area contributed by atoms with Crippen molar-refractivity contribution in [2.75, 3.05) is 4.72 Å². The van der Waals surface area contributed by atoms with Gasteiger partial charge in [0.2, 0.25) is 0 Å². The number of carbonyl (C=O) groups is 1. The number of sulfonamides is 1. The summed E-state index contributed by atoms with van der Waals surface area (Å²) in [5, 5.41) is 8.94. The summed E-state index contributed by atoms with van der Waals surface area (Å²) in [5.41, 5.74) is -3.11. The fourth-order valence-electron chi connectivity index (χ4n) is 1.87. The van der Waals surface area contributed by atoms with E-state index in [9.17, 15) is 35.2 Å². The van der Waals surface area contributed by atoms with E-state index in [0.29, 0.717) is 18.2 Å². The van der Waals surface area contributed by atoms with Crippen molar-refractivity contribution in [2.24, 2.45) is 0 Å². The maximum atomic E-state index is 13.2. The third-order valence-corrected chi connectivity index (χ3v) is 4.37. The number of hydrogen-bond donors (Lipinski definition) is 2. The molecule has 134 valence electrons. The highest BCUT2D eigenvalue weighted by Gasteiger charge is 2.35. The van der Waals surface area contributed by atoms with Gasteiger partial charge in [-0.05, 0) is 36.4 Å². The molecule has 2 aromatic carbocycles. The van der Waals surface area contributed by atoms with Gasteiger partial charge in [-0.3, -0.25) is 4.72 Å². The standard InChI is InChI=1S/C14H8F5NO4S/c15-7-1-4-12(9(5-7)13(21)22)20-25(23,24)8-2-3-11(16)10(6-8)14(17,18)19/h1-6,20H,(H,21,22). The van der Waals surface area contributed by atoms with E-state index in [-0.39, 0.29) is 6.07 Å². The Morgan fingerprint density at radius 3 is 2.24 bits per heavy atom. The van der Waals surface area contributed by atoms with Gasteiger partial charge in [0.25, 0.3) is 10.0 Å². The summed E-state index contributed by atoms with van der Waals surface area (Å²) in [6, 6.07) is 3.06. The first-order chi connectivity index (χ1) is 11.4. The summed E-state index contributed by atoms with van der Waals surface area (Å²) in [6.07, 6.45) is -5.13. The lowest BCUT2D eigenvalue weighted by Crippen LogP contribution is -2.17. The number of hydrogen-bond acceptors (Lipinski definition) is 3. The van der Waals surface area contributed by atoms with Crippen LogP contribution in [0.3, 0.4) is 0 Å². The van der Waals surface area contributed by atoms with E-state index in [1.54, 1.807) is 4.72 Å². The van der Waals surface area contributed by atoms with Crippen LogP contribution in [-0.4, -0.2) is 19.5 Å². The summed E-state index contributed by atoms with van der Waals surface area (Å²) in [4.78, 5) is 10.1. The molecule has 5 nitrogen and oxygen atoms in total. The first-order valence-corrected chi connectivity index (χ1v) is 7.82. The van der Waals surface area contributed by atoms with Crippen molar-refractivity contribution in [3.05, 3.63) is 59.2 Å². The Labute approximate surface area is 137 Å². The van der Waals surface area contributed by atoms with Gasteiger partial charge in [-0.15, -0.1) is 0 Å². The largest absolute Gasteiger partial charge is 0.478 e. The van der Waals surface area contributed by atoms with Gasteiger partial charge < -0.3 is 5.11 Å². The normalized spacial score (nSPS) is 12.0. The molecule has 0 bridgehead atoms. The zero-order valence-corrected chi connectivity index (χ0v) is 12.8. The highest BCUT2D eigenvalue weighted by molar-refractivity contribution is 7.92. The Kier molecular flexibility index (Phi) is 4.71. The molecule has 0 aromatic heterocycles. The van der Waals surface area contributed by atoms with Crippen LogP contribution in [0.1, 0.15) is 15.9 Å². The van der Waals surface area contributed by atoms with E-state index < -0.39 is 55.5 Å². The number of carboxylic acid groups (broad SMARTS) is 1. The minimum Gasteiger partial charge on any atom is -0.478 e. The van der Waals surface area contributed by atoms with Crippen LogP contribution in [0.5, 0.6) is 0 Å². The Hall–Kier alpha value is -2.69. The summed E-state index contributed by atoms with van der Waals surface area (Å²) < 4.78 is 90.4. The minimum atomic E-state index is -5.13. The molecule has 25 heavy (non-hydrogen) atoms. The topological polar surface area (TPSA) is 83.5 Å². The van der Waals surface area contributed by atoms with E-state index in [1.165, 1.54) is 0 Å². The molecule has 0 spiro atoms. The number of alkyl halides is 3. The second-order valence-electron chi connectivity index (χ2n) is 4.74. The van der Waals surface area contributed by atoms with E-state index in [0.717, 1.165) is 12.1 Å². The molecule has 0 fully saturated rings. The molecule has 0 saturated carbocycles. The van der Waals surface area contributed by atoms with Gasteiger partial charge in [-0.1, -0.05) is 0 Å². The Morgan fingerprint density at radius 1 is 1.04 bits per heavy atom. The van der Waals surface area contributed by atoms with Crippen LogP contribution >= 0.6 is 0 Å². The fraction of sp³-hybridized carbons (Fsp3) is 0.0714. The number of rotatable bonds is 4. The van der Waals surface area contributed by atoms with Gasteiger partial charge in [0.1, 0.15) is 11.6 Å². The highest BCUT2D eigenvalue weighted by Crippen LogP contribution is 2.33. The van der Waals surface area contributed by atoms with Crippen LogP contribution in [0, 0.1) is 11.6 Å². The van der Waals surface area contributed by atoms with E-state index >= 15 is 0 Å². The van der Waals surface area contributed by atoms with Crippen LogP contribution in [0.15, 0.2) is 41.3 Å². The molecule has 0 amide bonds. The molecule has 0 aliphatic heterocycles. The van der Waals surface area contributed by atoms with Gasteiger partial charge in [0.15, 0.2) is 0 Å².